The van der Waals surface area contributed by atoms with E-state index in [1.54, 1.807) is 17.6 Å². The molecule has 0 aliphatic heterocycles. The van der Waals surface area contributed by atoms with Crippen LogP contribution in [0, 0.1) is 0 Å². The van der Waals surface area contributed by atoms with E-state index >= 15 is 0 Å². The number of hydrogen-bond donors (Lipinski definition) is 2. The number of carbonyl (C=O) groups is 1. The predicted molar refractivity (Wildman–Crippen MR) is 76.8 cm³/mol. The van der Waals surface area contributed by atoms with Gasteiger partial charge in [0, 0.05) is 11.1 Å². The topological polar surface area (TPSA) is 57.2 Å². The molecule has 2 aromatic heterocycles. The molecule has 1 aliphatic carbocycles. The normalized spacial score (nSPS) is 14.5. The summed E-state index contributed by atoms with van der Waals surface area (Å²) >= 11 is 1.60. The molecule has 0 bridgehead atoms. The number of fused-ring (bicyclic) bond motifs is 1. The number of nitrogens with zero attached hydrogens (tertiary/aromatic N) is 1. The highest BCUT2D eigenvalue weighted by Gasteiger charge is 2.16. The number of nitrogens with one attached hydrogen (secondary N) is 2. The maximum absolute atomic E-state index is 12.0. The van der Waals surface area contributed by atoms with E-state index in [2.05, 4.69) is 15.5 Å². The van der Waals surface area contributed by atoms with Gasteiger partial charge >= 0.3 is 0 Å². The molecule has 3 rings (SSSR count). The summed E-state index contributed by atoms with van der Waals surface area (Å²) in [5.41, 5.74) is 4.78. The first-order valence-electron chi connectivity index (χ1n) is 6.41. The number of carbonyl (C=O) groups excluding carboxylic acids is 1. The highest BCUT2D eigenvalue weighted by atomic mass is 32.1. The van der Waals surface area contributed by atoms with Crippen molar-refractivity contribution in [3.8, 4) is 0 Å². The Bertz CT molecular complexity index is 575. The monoisotopic (exact) mass is 273 g/mol. The molecule has 4 nitrogen and oxygen atoms in total. The lowest BCUT2D eigenvalue weighted by Crippen LogP contribution is -2.16. The zero-order valence-electron chi connectivity index (χ0n) is 10.5. The van der Waals surface area contributed by atoms with Gasteiger partial charge in [0.2, 0.25) is 0 Å². The average Bonchev–Trinajstić information content (AvgIpc) is 3.07. The van der Waals surface area contributed by atoms with Crippen molar-refractivity contribution < 1.29 is 4.79 Å². The number of hydrazone groups is 1. The minimum atomic E-state index is -0.123. The molecule has 2 N–H and O–H groups in total. The lowest BCUT2D eigenvalue weighted by molar-refractivity contribution is 0.0959. The fraction of sp³-hybridized carbons (Fsp3) is 0.286. The molecule has 0 radical (unpaired) electrons. The zero-order valence-corrected chi connectivity index (χ0v) is 11.3. The molecule has 5 heteroatoms. The van der Waals surface area contributed by atoms with Gasteiger partial charge in [0.15, 0.2) is 0 Å². The van der Waals surface area contributed by atoms with Crippen molar-refractivity contribution in [1.82, 2.24) is 10.4 Å². The largest absolute Gasteiger partial charge is 0.360 e. The van der Waals surface area contributed by atoms with Gasteiger partial charge in [-0.15, -0.1) is 11.3 Å². The van der Waals surface area contributed by atoms with Crippen LogP contribution in [0.4, 0.5) is 0 Å². The van der Waals surface area contributed by atoms with Crippen LogP contribution < -0.4 is 5.43 Å². The van der Waals surface area contributed by atoms with Crippen LogP contribution in [-0.4, -0.2) is 17.1 Å². The van der Waals surface area contributed by atoms with Gasteiger partial charge in [0.1, 0.15) is 0 Å². The van der Waals surface area contributed by atoms with Gasteiger partial charge in [-0.3, -0.25) is 4.79 Å². The van der Waals surface area contributed by atoms with Crippen LogP contribution in [0.2, 0.25) is 0 Å². The van der Waals surface area contributed by atoms with Gasteiger partial charge < -0.3 is 4.98 Å². The molecule has 0 atom stereocenters. The Hall–Kier alpha value is -1.88. The Balaban J connectivity index is 1.65. The van der Waals surface area contributed by atoms with Crippen molar-refractivity contribution in [2.24, 2.45) is 5.10 Å². The van der Waals surface area contributed by atoms with Crippen LogP contribution in [0.25, 0.3) is 0 Å². The molecule has 0 unspecified atom stereocenters. The number of rotatable bonds is 3. The summed E-state index contributed by atoms with van der Waals surface area (Å²) in [6, 6.07) is 5.79. The van der Waals surface area contributed by atoms with E-state index in [0.717, 1.165) is 23.4 Å². The molecule has 2 aromatic rings. The number of thiophene rings is 1. The third-order valence-electron chi connectivity index (χ3n) is 3.21. The molecule has 1 amide bonds. The summed E-state index contributed by atoms with van der Waals surface area (Å²) in [5, 5.41) is 3.95. The van der Waals surface area contributed by atoms with Crippen molar-refractivity contribution in [2.75, 3.05) is 0 Å². The summed E-state index contributed by atoms with van der Waals surface area (Å²) in [7, 11) is 0. The van der Waals surface area contributed by atoms with E-state index < -0.39 is 0 Å². The summed E-state index contributed by atoms with van der Waals surface area (Å²) in [6.45, 7) is 0. The Morgan fingerprint density at radius 3 is 3.11 bits per heavy atom. The van der Waals surface area contributed by atoms with Crippen molar-refractivity contribution >= 4 is 23.5 Å². The summed E-state index contributed by atoms with van der Waals surface area (Å²) in [5.74, 6) is -0.123. The van der Waals surface area contributed by atoms with Crippen LogP contribution in [0.3, 0.4) is 0 Å². The minimum absolute atomic E-state index is 0.123. The van der Waals surface area contributed by atoms with Gasteiger partial charge in [0.25, 0.3) is 5.91 Å². The average molecular weight is 273 g/mol. The third kappa shape index (κ3) is 2.76. The van der Waals surface area contributed by atoms with Gasteiger partial charge in [-0.05, 0) is 49.4 Å². The predicted octanol–water partition coefficient (Wildman–Crippen LogP) is 2.72. The Labute approximate surface area is 115 Å². The minimum Gasteiger partial charge on any atom is -0.360 e. The molecule has 0 fully saturated rings. The second-order valence-corrected chi connectivity index (χ2v) is 5.73. The number of aromatic amines is 1. The van der Waals surface area contributed by atoms with Crippen molar-refractivity contribution in [3.05, 3.63) is 45.4 Å². The zero-order chi connectivity index (χ0) is 13.1. The molecule has 2 heterocycles. The first kappa shape index (κ1) is 12.2. The van der Waals surface area contributed by atoms with E-state index in [1.807, 2.05) is 24.4 Å². The number of H-pyrrole nitrogens is 1. The maximum Gasteiger partial charge on any atom is 0.281 e. The maximum atomic E-state index is 12.0. The molecule has 0 aromatic carbocycles. The molecule has 0 saturated carbocycles. The number of aromatic nitrogens is 1. The van der Waals surface area contributed by atoms with Gasteiger partial charge in [-0.25, -0.2) is 5.43 Å². The van der Waals surface area contributed by atoms with Crippen molar-refractivity contribution in [1.29, 1.82) is 0 Å². The summed E-state index contributed by atoms with van der Waals surface area (Å²) < 4.78 is 0. The quantitative estimate of drug-likeness (QED) is 0.655. The SMILES string of the molecule is O=C(N/N=C/c1ccc[nH]1)c1cc2c(s1)CCCC2. The lowest BCUT2D eigenvalue weighted by Gasteiger charge is -2.08. The van der Waals surface area contributed by atoms with Crippen molar-refractivity contribution in [2.45, 2.75) is 25.7 Å². The first-order valence-corrected chi connectivity index (χ1v) is 7.23. The fourth-order valence-corrected chi connectivity index (χ4v) is 3.39. The Morgan fingerprint density at radius 1 is 1.42 bits per heavy atom. The fourth-order valence-electron chi connectivity index (χ4n) is 2.24. The number of aryl methyl sites for hydroxylation is 2. The Kier molecular flexibility index (Phi) is 3.46. The van der Waals surface area contributed by atoms with Gasteiger partial charge in [0.05, 0.1) is 16.8 Å². The highest BCUT2D eigenvalue weighted by molar-refractivity contribution is 7.14. The molecule has 0 spiro atoms. The van der Waals surface area contributed by atoms with E-state index in [1.165, 1.54) is 23.3 Å². The molecular weight excluding hydrogens is 258 g/mol. The molecule has 0 saturated heterocycles. The van der Waals surface area contributed by atoms with E-state index in [0.29, 0.717) is 0 Å². The molecular formula is C14H15N3OS. The van der Waals surface area contributed by atoms with Crippen LogP contribution >= 0.6 is 11.3 Å². The van der Waals surface area contributed by atoms with E-state index in [9.17, 15) is 4.79 Å². The van der Waals surface area contributed by atoms with Crippen LogP contribution in [-0.2, 0) is 12.8 Å². The third-order valence-corrected chi connectivity index (χ3v) is 4.45. The lowest BCUT2D eigenvalue weighted by atomic mass is 9.99. The van der Waals surface area contributed by atoms with Crippen LogP contribution in [0.15, 0.2) is 29.5 Å². The Morgan fingerprint density at radius 2 is 2.32 bits per heavy atom. The summed E-state index contributed by atoms with van der Waals surface area (Å²) in [6.07, 6.45) is 8.10. The molecule has 98 valence electrons. The second kappa shape index (κ2) is 5.40. The molecule has 1 aliphatic rings. The highest BCUT2D eigenvalue weighted by Crippen LogP contribution is 2.29. The van der Waals surface area contributed by atoms with Crippen LogP contribution in [0.1, 0.15) is 38.6 Å². The summed E-state index contributed by atoms with van der Waals surface area (Å²) in [4.78, 5) is 17.1. The number of amides is 1. The smallest absolute Gasteiger partial charge is 0.281 e. The second-order valence-electron chi connectivity index (χ2n) is 4.59. The first-order chi connectivity index (χ1) is 9.33. The number of hydrogen-bond acceptors (Lipinski definition) is 3. The van der Waals surface area contributed by atoms with E-state index in [-0.39, 0.29) is 5.91 Å². The van der Waals surface area contributed by atoms with Crippen LogP contribution in [0.5, 0.6) is 0 Å². The van der Waals surface area contributed by atoms with Gasteiger partial charge in [-0.2, -0.15) is 5.10 Å². The molecule has 19 heavy (non-hydrogen) atoms. The van der Waals surface area contributed by atoms with E-state index in [4.69, 9.17) is 0 Å². The van der Waals surface area contributed by atoms with Crippen molar-refractivity contribution in [3.63, 3.8) is 0 Å². The van der Waals surface area contributed by atoms with Gasteiger partial charge in [-0.1, -0.05) is 0 Å². The standard InChI is InChI=1S/C14H15N3OS/c18-14(17-16-9-11-5-3-7-15-11)13-8-10-4-1-2-6-12(10)19-13/h3,5,7-9,15H,1-2,4,6H2,(H,17,18)/b16-9+.